The molecule has 32 heavy (non-hydrogen) atoms. The number of hydrogen-bond donors (Lipinski definition) is 1. The predicted octanol–water partition coefficient (Wildman–Crippen LogP) is 4.16. The van der Waals surface area contributed by atoms with E-state index in [2.05, 4.69) is 24.6 Å². The minimum Gasteiger partial charge on any atom is -0.343 e. The van der Waals surface area contributed by atoms with Gasteiger partial charge in [0.05, 0.1) is 5.52 Å². The van der Waals surface area contributed by atoms with Gasteiger partial charge in [0.15, 0.2) is 5.82 Å². The molecule has 10 heteroatoms. The number of nitrogens with zero attached hydrogens (tertiary/aromatic N) is 5. The molecular formula is C22H24F2N6OS. The first-order valence-corrected chi connectivity index (χ1v) is 11.6. The fraction of sp³-hybridized carbons (Fsp3) is 0.455. The molecule has 7 nitrogen and oxygen atoms in total. The summed E-state index contributed by atoms with van der Waals surface area (Å²) in [5.74, 6) is -1.99. The van der Waals surface area contributed by atoms with E-state index in [1.165, 1.54) is 11.5 Å². The molecule has 2 aromatic heterocycles. The van der Waals surface area contributed by atoms with Gasteiger partial charge in [-0.3, -0.25) is 0 Å². The first-order chi connectivity index (χ1) is 15.5. The Morgan fingerprint density at radius 1 is 1.03 bits per heavy atom. The van der Waals surface area contributed by atoms with Crippen molar-refractivity contribution in [3.63, 3.8) is 0 Å². The minimum absolute atomic E-state index is 0.156. The molecule has 5 rings (SSSR count). The highest BCUT2D eigenvalue weighted by Gasteiger charge is 2.36. The van der Waals surface area contributed by atoms with Crippen LogP contribution in [0.2, 0.25) is 0 Å². The van der Waals surface area contributed by atoms with E-state index in [1.54, 1.807) is 4.90 Å². The van der Waals surface area contributed by atoms with E-state index < -0.39 is 5.92 Å². The van der Waals surface area contributed by atoms with Crippen molar-refractivity contribution in [2.24, 2.45) is 0 Å². The van der Waals surface area contributed by atoms with Crippen LogP contribution in [-0.2, 0) is 0 Å². The predicted molar refractivity (Wildman–Crippen MR) is 120 cm³/mol. The van der Waals surface area contributed by atoms with Crippen LogP contribution in [0.5, 0.6) is 0 Å². The number of carbonyl (C=O) groups is 1. The lowest BCUT2D eigenvalue weighted by Gasteiger charge is -2.36. The fourth-order valence-corrected chi connectivity index (χ4v) is 4.92. The van der Waals surface area contributed by atoms with Gasteiger partial charge < -0.3 is 15.1 Å². The number of benzene rings is 1. The summed E-state index contributed by atoms with van der Waals surface area (Å²) < 4.78 is 31.1. The van der Waals surface area contributed by atoms with Crippen molar-refractivity contribution in [2.45, 2.75) is 37.6 Å². The molecule has 2 fully saturated rings. The van der Waals surface area contributed by atoms with Crippen LogP contribution < -0.4 is 10.2 Å². The Balaban J connectivity index is 1.17. The minimum atomic E-state index is -2.59. The first-order valence-electron chi connectivity index (χ1n) is 10.8. The standard InChI is InChI=1S/C22H24F2N6OS/c23-22(24)9-7-16(8-10-22)25-20(31)29-11-13-30(14-12-29)21-27-19(28-32-21)18-6-5-15-3-1-2-4-17(15)26-18/h1-6,16H,7-14H2,(H,25,31). The van der Waals surface area contributed by atoms with Gasteiger partial charge in [-0.2, -0.15) is 9.36 Å². The number of fused-ring (bicyclic) bond motifs is 1. The molecule has 0 bridgehead atoms. The summed E-state index contributed by atoms with van der Waals surface area (Å²) in [6.07, 6.45) is 0.346. The number of urea groups is 1. The third-order valence-electron chi connectivity index (χ3n) is 6.12. The Kier molecular flexibility index (Phi) is 5.62. The Morgan fingerprint density at radius 3 is 2.56 bits per heavy atom. The van der Waals surface area contributed by atoms with E-state index in [1.807, 2.05) is 36.4 Å². The summed E-state index contributed by atoms with van der Waals surface area (Å²) in [5.41, 5.74) is 1.64. The fourth-order valence-electron chi connectivity index (χ4n) is 4.19. The smallest absolute Gasteiger partial charge is 0.317 e. The second kappa shape index (κ2) is 8.57. The van der Waals surface area contributed by atoms with Gasteiger partial charge >= 0.3 is 6.03 Å². The summed E-state index contributed by atoms with van der Waals surface area (Å²) >= 11 is 1.33. The zero-order valence-electron chi connectivity index (χ0n) is 17.5. The van der Waals surface area contributed by atoms with Crippen LogP contribution in [0.4, 0.5) is 18.7 Å². The lowest BCUT2D eigenvalue weighted by molar-refractivity contribution is -0.0398. The first kappa shape index (κ1) is 21.0. The van der Waals surface area contributed by atoms with Gasteiger partial charge in [-0.05, 0) is 25.0 Å². The van der Waals surface area contributed by atoms with Crippen LogP contribution in [0, 0.1) is 0 Å². The zero-order valence-corrected chi connectivity index (χ0v) is 18.3. The zero-order chi connectivity index (χ0) is 22.1. The summed E-state index contributed by atoms with van der Waals surface area (Å²) in [7, 11) is 0. The molecule has 1 aliphatic carbocycles. The molecule has 1 aliphatic heterocycles. The monoisotopic (exact) mass is 458 g/mol. The van der Waals surface area contributed by atoms with Crippen molar-refractivity contribution in [3.8, 4) is 11.5 Å². The molecule has 1 aromatic carbocycles. The number of alkyl halides is 2. The molecule has 3 heterocycles. The lowest BCUT2D eigenvalue weighted by atomic mass is 9.92. The van der Waals surface area contributed by atoms with Gasteiger partial charge in [-0.1, -0.05) is 24.3 Å². The van der Waals surface area contributed by atoms with Crippen molar-refractivity contribution in [1.82, 2.24) is 24.6 Å². The molecule has 3 aromatic rings. The van der Waals surface area contributed by atoms with Crippen molar-refractivity contribution in [1.29, 1.82) is 0 Å². The second-order valence-corrected chi connectivity index (χ2v) is 9.07. The van der Waals surface area contributed by atoms with Gasteiger partial charge in [0, 0.05) is 62.0 Å². The van der Waals surface area contributed by atoms with E-state index in [9.17, 15) is 13.6 Å². The molecule has 2 aliphatic rings. The Hall–Kier alpha value is -2.88. The average Bonchev–Trinajstić information content (AvgIpc) is 3.30. The number of pyridine rings is 1. The summed E-state index contributed by atoms with van der Waals surface area (Å²) in [6, 6.07) is 11.5. The second-order valence-electron chi connectivity index (χ2n) is 8.34. The SMILES string of the molecule is O=C(NC1CCC(F)(F)CC1)N1CCN(c2nc(-c3ccc4ccccc4n3)ns2)CC1. The summed E-state index contributed by atoms with van der Waals surface area (Å²) in [5, 5.41) is 4.80. The number of halogens is 2. The van der Waals surface area contributed by atoms with Crippen LogP contribution in [0.15, 0.2) is 36.4 Å². The van der Waals surface area contributed by atoms with Gasteiger partial charge in [0.2, 0.25) is 11.1 Å². The number of hydrogen-bond acceptors (Lipinski definition) is 6. The number of para-hydroxylation sites is 1. The van der Waals surface area contributed by atoms with Gasteiger partial charge in [-0.15, -0.1) is 0 Å². The van der Waals surface area contributed by atoms with E-state index in [4.69, 9.17) is 0 Å². The number of amides is 2. The summed E-state index contributed by atoms with van der Waals surface area (Å²) in [4.78, 5) is 25.7. The topological polar surface area (TPSA) is 74.2 Å². The number of anilines is 1. The number of aromatic nitrogens is 3. The van der Waals surface area contributed by atoms with E-state index >= 15 is 0 Å². The highest BCUT2D eigenvalue weighted by atomic mass is 32.1. The molecule has 0 radical (unpaired) electrons. The Bertz CT molecular complexity index is 1100. The van der Waals surface area contributed by atoms with Crippen molar-refractivity contribution in [3.05, 3.63) is 36.4 Å². The van der Waals surface area contributed by atoms with Gasteiger partial charge in [0.25, 0.3) is 0 Å². The van der Waals surface area contributed by atoms with Crippen molar-refractivity contribution >= 4 is 33.6 Å². The maximum absolute atomic E-state index is 13.3. The number of carbonyl (C=O) groups excluding carboxylic acids is 1. The maximum atomic E-state index is 13.3. The molecule has 168 valence electrons. The van der Waals surface area contributed by atoms with E-state index in [-0.39, 0.29) is 24.9 Å². The quantitative estimate of drug-likeness (QED) is 0.638. The number of nitrogens with one attached hydrogen (secondary N) is 1. The van der Waals surface area contributed by atoms with E-state index in [0.717, 1.165) is 21.7 Å². The Morgan fingerprint density at radius 2 is 1.78 bits per heavy atom. The summed E-state index contributed by atoms with van der Waals surface area (Å²) in [6.45, 7) is 2.40. The third kappa shape index (κ3) is 4.50. The molecule has 1 saturated heterocycles. The molecule has 2 amide bonds. The van der Waals surface area contributed by atoms with Crippen LogP contribution in [-0.4, -0.2) is 63.4 Å². The van der Waals surface area contributed by atoms with Gasteiger partial charge in [-0.25, -0.2) is 18.6 Å². The molecule has 0 atom stereocenters. The number of rotatable bonds is 3. The van der Waals surface area contributed by atoms with E-state index in [0.29, 0.717) is 44.8 Å². The Labute approximate surface area is 188 Å². The van der Waals surface area contributed by atoms with Gasteiger partial charge in [0.1, 0.15) is 5.69 Å². The molecule has 0 spiro atoms. The van der Waals surface area contributed by atoms with Crippen molar-refractivity contribution in [2.75, 3.05) is 31.1 Å². The molecule has 0 unspecified atom stereocenters. The van der Waals surface area contributed by atoms with Crippen molar-refractivity contribution < 1.29 is 13.6 Å². The highest BCUT2D eigenvalue weighted by molar-refractivity contribution is 7.09. The average molecular weight is 459 g/mol. The molecule has 1 saturated carbocycles. The largest absolute Gasteiger partial charge is 0.343 e. The van der Waals surface area contributed by atoms with Crippen LogP contribution in [0.3, 0.4) is 0 Å². The highest BCUT2D eigenvalue weighted by Crippen LogP contribution is 2.33. The van der Waals surface area contributed by atoms with Crippen LogP contribution in [0.1, 0.15) is 25.7 Å². The lowest BCUT2D eigenvalue weighted by Crippen LogP contribution is -2.54. The molecule has 1 N–H and O–H groups in total. The normalized spacial score (nSPS) is 19.3. The maximum Gasteiger partial charge on any atom is 0.317 e. The third-order valence-corrected chi connectivity index (χ3v) is 6.90. The number of piperazine rings is 1. The molecular weight excluding hydrogens is 434 g/mol. The van der Waals surface area contributed by atoms with Crippen LogP contribution >= 0.6 is 11.5 Å². The van der Waals surface area contributed by atoms with Crippen LogP contribution in [0.25, 0.3) is 22.4 Å².